The van der Waals surface area contributed by atoms with Crippen molar-refractivity contribution in [3.63, 3.8) is 0 Å². The number of allylic oxidation sites excluding steroid dienone is 7. The topological polar surface area (TPSA) is 9.23 Å². The third-order valence-electron chi connectivity index (χ3n) is 3.66. The Morgan fingerprint density at radius 3 is 2.45 bits per heavy atom. The van der Waals surface area contributed by atoms with Gasteiger partial charge in [-0.2, -0.15) is 0 Å². The molecule has 0 radical (unpaired) electrons. The lowest BCUT2D eigenvalue weighted by Gasteiger charge is -2.28. The van der Waals surface area contributed by atoms with E-state index in [4.69, 9.17) is 4.74 Å². The van der Waals surface area contributed by atoms with E-state index < -0.39 is 0 Å². The second-order valence-electron chi connectivity index (χ2n) is 5.66. The molecular weight excluding hydrogens is 244 g/mol. The number of hydrogen-bond acceptors (Lipinski definition) is 1. The van der Waals surface area contributed by atoms with Gasteiger partial charge in [0.1, 0.15) is 5.75 Å². The third kappa shape index (κ3) is 3.30. The number of ether oxygens (including phenoxy) is 1. The highest BCUT2D eigenvalue weighted by Crippen LogP contribution is 2.35. The first-order valence-electron chi connectivity index (χ1n) is 6.97. The molecule has 0 heterocycles. The maximum absolute atomic E-state index is 5.52. The predicted octanol–water partition coefficient (Wildman–Crippen LogP) is 5.32. The average Bonchev–Trinajstić information content (AvgIpc) is 2.68. The van der Waals surface area contributed by atoms with Crippen LogP contribution >= 0.6 is 0 Å². The van der Waals surface area contributed by atoms with E-state index in [0.29, 0.717) is 5.76 Å². The van der Waals surface area contributed by atoms with Crippen LogP contribution in [0.25, 0.3) is 0 Å². The molecule has 1 aliphatic carbocycles. The quantitative estimate of drug-likeness (QED) is 0.670. The minimum Gasteiger partial charge on any atom is -0.463 e. The molecule has 0 saturated carbocycles. The van der Waals surface area contributed by atoms with E-state index in [0.717, 1.165) is 12.2 Å². The van der Waals surface area contributed by atoms with Gasteiger partial charge < -0.3 is 4.74 Å². The van der Waals surface area contributed by atoms with Gasteiger partial charge in [-0.05, 0) is 31.0 Å². The zero-order valence-corrected chi connectivity index (χ0v) is 12.5. The van der Waals surface area contributed by atoms with Gasteiger partial charge in [0.05, 0.1) is 5.76 Å². The van der Waals surface area contributed by atoms with E-state index >= 15 is 0 Å². The largest absolute Gasteiger partial charge is 0.463 e. The Balaban J connectivity index is 2.25. The van der Waals surface area contributed by atoms with Crippen molar-refractivity contribution < 1.29 is 4.74 Å². The smallest absolute Gasteiger partial charge is 0.126 e. The SMILES string of the molecule is C=C(C)Oc1ccc(C(C)(C)C2=CC=CC=CC2)cc1. The fourth-order valence-corrected chi connectivity index (χ4v) is 2.37. The van der Waals surface area contributed by atoms with E-state index in [1.54, 1.807) is 0 Å². The van der Waals surface area contributed by atoms with E-state index in [2.05, 4.69) is 62.9 Å². The molecule has 2 rings (SSSR count). The van der Waals surface area contributed by atoms with Crippen molar-refractivity contribution in [3.05, 3.63) is 78.1 Å². The van der Waals surface area contributed by atoms with Gasteiger partial charge in [0.25, 0.3) is 0 Å². The molecule has 1 aromatic rings. The van der Waals surface area contributed by atoms with Gasteiger partial charge in [0.2, 0.25) is 0 Å². The Morgan fingerprint density at radius 2 is 1.80 bits per heavy atom. The first-order valence-corrected chi connectivity index (χ1v) is 6.97. The van der Waals surface area contributed by atoms with Gasteiger partial charge >= 0.3 is 0 Å². The molecule has 0 saturated heterocycles. The molecule has 0 amide bonds. The Kier molecular flexibility index (Phi) is 4.29. The Hall–Kier alpha value is -2.02. The standard InChI is InChI=1S/C19H22O/c1-15(2)20-18-13-11-17(12-14-18)19(3,4)16-9-7-5-6-8-10-16/h5-9,11-14H,1,10H2,2-4H3. The van der Waals surface area contributed by atoms with Crippen molar-refractivity contribution in [1.82, 2.24) is 0 Å². The van der Waals surface area contributed by atoms with Crippen molar-refractivity contribution in [2.75, 3.05) is 0 Å². The van der Waals surface area contributed by atoms with Gasteiger partial charge in [0.15, 0.2) is 0 Å². The summed E-state index contributed by atoms with van der Waals surface area (Å²) in [5.41, 5.74) is 2.72. The zero-order chi connectivity index (χ0) is 14.6. The summed E-state index contributed by atoms with van der Waals surface area (Å²) in [6.07, 6.45) is 11.7. The van der Waals surface area contributed by atoms with Gasteiger partial charge in [0, 0.05) is 5.41 Å². The Morgan fingerprint density at radius 1 is 1.10 bits per heavy atom. The van der Waals surface area contributed by atoms with Crippen LogP contribution in [-0.4, -0.2) is 0 Å². The fraction of sp³-hybridized carbons (Fsp3) is 0.263. The fourth-order valence-electron chi connectivity index (χ4n) is 2.37. The maximum Gasteiger partial charge on any atom is 0.126 e. The van der Waals surface area contributed by atoms with Crippen LogP contribution in [0, 0.1) is 0 Å². The highest BCUT2D eigenvalue weighted by molar-refractivity contribution is 5.41. The third-order valence-corrected chi connectivity index (χ3v) is 3.66. The van der Waals surface area contributed by atoms with Crippen molar-refractivity contribution in [1.29, 1.82) is 0 Å². The lowest BCUT2D eigenvalue weighted by Crippen LogP contribution is -2.20. The number of rotatable bonds is 4. The van der Waals surface area contributed by atoms with E-state index in [-0.39, 0.29) is 5.41 Å². The second-order valence-corrected chi connectivity index (χ2v) is 5.66. The monoisotopic (exact) mass is 266 g/mol. The Bertz CT molecular complexity index is 568. The molecule has 1 heteroatoms. The summed E-state index contributed by atoms with van der Waals surface area (Å²) in [7, 11) is 0. The van der Waals surface area contributed by atoms with Crippen LogP contribution in [0.1, 0.15) is 32.8 Å². The number of benzene rings is 1. The molecule has 1 aliphatic rings. The molecule has 0 spiro atoms. The van der Waals surface area contributed by atoms with Gasteiger partial charge in [-0.3, -0.25) is 0 Å². The van der Waals surface area contributed by atoms with E-state index in [1.807, 2.05) is 19.1 Å². The first kappa shape index (κ1) is 14.4. The van der Waals surface area contributed by atoms with Crippen molar-refractivity contribution >= 4 is 0 Å². The van der Waals surface area contributed by atoms with E-state index in [9.17, 15) is 0 Å². The van der Waals surface area contributed by atoms with E-state index in [1.165, 1.54) is 11.1 Å². The van der Waals surface area contributed by atoms with Gasteiger partial charge in [-0.15, -0.1) is 0 Å². The van der Waals surface area contributed by atoms with Crippen LogP contribution in [0.5, 0.6) is 5.75 Å². The zero-order valence-electron chi connectivity index (χ0n) is 12.5. The summed E-state index contributed by atoms with van der Waals surface area (Å²) >= 11 is 0. The predicted molar refractivity (Wildman–Crippen MR) is 85.9 cm³/mol. The van der Waals surface area contributed by atoms with Crippen LogP contribution in [0.2, 0.25) is 0 Å². The molecule has 104 valence electrons. The summed E-state index contributed by atoms with van der Waals surface area (Å²) in [5.74, 6) is 1.55. The van der Waals surface area contributed by atoms with Crippen LogP contribution in [0.15, 0.2) is 72.6 Å². The highest BCUT2D eigenvalue weighted by Gasteiger charge is 2.24. The molecule has 0 unspecified atom stereocenters. The van der Waals surface area contributed by atoms with Crippen molar-refractivity contribution in [3.8, 4) is 5.75 Å². The molecule has 0 fully saturated rings. The first-order chi connectivity index (χ1) is 9.50. The Labute approximate surface area is 122 Å². The molecule has 1 nitrogen and oxygen atoms in total. The number of hydrogen-bond donors (Lipinski definition) is 0. The van der Waals surface area contributed by atoms with Crippen molar-refractivity contribution in [2.45, 2.75) is 32.6 Å². The minimum atomic E-state index is 0.0147. The summed E-state index contributed by atoms with van der Waals surface area (Å²) in [6.45, 7) is 10.1. The lowest BCUT2D eigenvalue weighted by atomic mass is 9.76. The van der Waals surface area contributed by atoms with Crippen LogP contribution in [0.3, 0.4) is 0 Å². The molecule has 0 aromatic heterocycles. The van der Waals surface area contributed by atoms with Crippen LogP contribution < -0.4 is 4.74 Å². The molecular formula is C19H22O. The second kappa shape index (κ2) is 5.96. The molecule has 0 atom stereocenters. The van der Waals surface area contributed by atoms with Gasteiger partial charge in [-0.1, -0.05) is 68.5 Å². The minimum absolute atomic E-state index is 0.0147. The summed E-state index contributed by atoms with van der Waals surface area (Å²) in [4.78, 5) is 0. The summed E-state index contributed by atoms with van der Waals surface area (Å²) in [6, 6.07) is 8.29. The van der Waals surface area contributed by atoms with Crippen LogP contribution in [0.4, 0.5) is 0 Å². The highest BCUT2D eigenvalue weighted by atomic mass is 16.5. The maximum atomic E-state index is 5.52. The molecule has 20 heavy (non-hydrogen) atoms. The van der Waals surface area contributed by atoms with Crippen LogP contribution in [-0.2, 0) is 5.41 Å². The molecule has 0 aliphatic heterocycles. The molecule has 0 bridgehead atoms. The normalized spacial score (nSPS) is 14.7. The lowest BCUT2D eigenvalue weighted by molar-refractivity contribution is 0.430. The molecule has 1 aromatic carbocycles. The molecule has 0 N–H and O–H groups in total. The average molecular weight is 266 g/mol. The summed E-state index contributed by atoms with van der Waals surface area (Å²) in [5, 5.41) is 0. The van der Waals surface area contributed by atoms with Gasteiger partial charge in [-0.25, -0.2) is 0 Å². The van der Waals surface area contributed by atoms with Crippen molar-refractivity contribution in [2.24, 2.45) is 0 Å². The summed E-state index contributed by atoms with van der Waals surface area (Å²) < 4.78 is 5.52.